The Labute approximate surface area is 70.6 Å². The Morgan fingerprint density at radius 2 is 2.08 bits per heavy atom. The second-order valence-corrected chi connectivity index (χ2v) is 2.59. The summed E-state index contributed by atoms with van der Waals surface area (Å²) >= 11 is 0. The van der Waals surface area contributed by atoms with Gasteiger partial charge in [0.25, 0.3) is 5.56 Å². The number of nitrogens with one attached hydrogen (secondary N) is 2. The summed E-state index contributed by atoms with van der Waals surface area (Å²) in [5.41, 5.74) is -1.47. The standard InChI is InChI=1S/C6H6N4O3/c1-2-7-3-4(8-2)10(13)6(12)9-5(3)11/h13H,1H3,(H,7,8)(H,9,11,12). The predicted octanol–water partition coefficient (Wildman–Crippen LogP) is -1.04. The molecule has 0 unspecified atom stereocenters. The van der Waals surface area contributed by atoms with Crippen LogP contribution in [0.1, 0.15) is 5.82 Å². The minimum absolute atomic E-state index is 0.0637. The highest BCUT2D eigenvalue weighted by Gasteiger charge is 2.09. The largest absolute Gasteiger partial charge is 0.422 e. The number of rotatable bonds is 0. The van der Waals surface area contributed by atoms with Crippen molar-refractivity contribution >= 4 is 11.2 Å². The van der Waals surface area contributed by atoms with Gasteiger partial charge in [-0.15, -0.1) is 4.73 Å². The first kappa shape index (κ1) is 7.59. The van der Waals surface area contributed by atoms with Gasteiger partial charge >= 0.3 is 5.69 Å². The Bertz CT molecular complexity index is 576. The minimum Gasteiger partial charge on any atom is -0.422 e. The SMILES string of the molecule is Cc1nc2c([nH]1)c(=O)[nH]c(=O)n2O. The van der Waals surface area contributed by atoms with E-state index in [1.807, 2.05) is 4.98 Å². The van der Waals surface area contributed by atoms with E-state index in [-0.39, 0.29) is 11.2 Å². The molecule has 0 amide bonds. The highest BCUT2D eigenvalue weighted by atomic mass is 16.5. The molecule has 13 heavy (non-hydrogen) atoms. The Morgan fingerprint density at radius 1 is 1.38 bits per heavy atom. The van der Waals surface area contributed by atoms with Crippen molar-refractivity contribution in [2.24, 2.45) is 0 Å². The summed E-state index contributed by atoms with van der Waals surface area (Å²) in [6.45, 7) is 1.61. The van der Waals surface area contributed by atoms with E-state index in [0.29, 0.717) is 10.6 Å². The summed E-state index contributed by atoms with van der Waals surface area (Å²) in [7, 11) is 0. The maximum Gasteiger partial charge on any atom is 0.363 e. The van der Waals surface area contributed by atoms with Gasteiger partial charge in [-0.2, -0.15) is 0 Å². The molecule has 0 aliphatic carbocycles. The van der Waals surface area contributed by atoms with Crippen LogP contribution in [0.5, 0.6) is 0 Å². The molecule has 0 bridgehead atoms. The molecule has 0 aliphatic rings. The fourth-order valence-corrected chi connectivity index (χ4v) is 1.10. The molecule has 2 rings (SSSR count). The van der Waals surface area contributed by atoms with Crippen molar-refractivity contribution in [3.63, 3.8) is 0 Å². The van der Waals surface area contributed by atoms with Crippen LogP contribution < -0.4 is 11.2 Å². The molecule has 0 aromatic carbocycles. The smallest absolute Gasteiger partial charge is 0.363 e. The Kier molecular flexibility index (Phi) is 1.30. The maximum atomic E-state index is 11.1. The molecule has 68 valence electrons. The van der Waals surface area contributed by atoms with E-state index >= 15 is 0 Å². The summed E-state index contributed by atoms with van der Waals surface area (Å²) in [5, 5.41) is 9.15. The highest BCUT2D eigenvalue weighted by molar-refractivity contribution is 5.68. The van der Waals surface area contributed by atoms with Crippen LogP contribution in [0.25, 0.3) is 11.2 Å². The Hall–Kier alpha value is -2.05. The predicted molar refractivity (Wildman–Crippen MR) is 42.9 cm³/mol. The fraction of sp³-hybridized carbons (Fsp3) is 0.167. The first-order valence-corrected chi connectivity index (χ1v) is 3.50. The summed E-state index contributed by atoms with van der Waals surface area (Å²) in [6, 6.07) is 0. The van der Waals surface area contributed by atoms with E-state index in [1.54, 1.807) is 6.92 Å². The zero-order valence-electron chi connectivity index (χ0n) is 6.66. The zero-order chi connectivity index (χ0) is 9.59. The van der Waals surface area contributed by atoms with Crippen LogP contribution in [-0.4, -0.2) is 24.9 Å². The van der Waals surface area contributed by atoms with Gasteiger partial charge in [-0.1, -0.05) is 0 Å². The van der Waals surface area contributed by atoms with Crippen molar-refractivity contribution in [3.05, 3.63) is 26.7 Å². The summed E-state index contributed by atoms with van der Waals surface area (Å²) < 4.78 is 0.292. The van der Waals surface area contributed by atoms with E-state index in [1.165, 1.54) is 0 Å². The molecular weight excluding hydrogens is 176 g/mol. The van der Waals surface area contributed by atoms with Gasteiger partial charge in [0.1, 0.15) is 5.82 Å². The molecule has 2 aromatic rings. The molecule has 0 atom stereocenters. The molecule has 0 aliphatic heterocycles. The molecule has 0 spiro atoms. The van der Waals surface area contributed by atoms with Crippen molar-refractivity contribution < 1.29 is 5.21 Å². The molecule has 0 saturated carbocycles. The summed E-state index contributed by atoms with van der Waals surface area (Å²) in [4.78, 5) is 30.3. The third-order valence-electron chi connectivity index (χ3n) is 1.64. The maximum absolute atomic E-state index is 11.1. The van der Waals surface area contributed by atoms with Gasteiger partial charge < -0.3 is 10.2 Å². The van der Waals surface area contributed by atoms with Gasteiger partial charge in [0, 0.05) is 0 Å². The van der Waals surface area contributed by atoms with Crippen LogP contribution in [0, 0.1) is 6.92 Å². The Balaban J connectivity index is 3.13. The molecule has 0 fully saturated rings. The molecule has 7 nitrogen and oxygen atoms in total. The van der Waals surface area contributed by atoms with Crippen LogP contribution in [-0.2, 0) is 0 Å². The van der Waals surface area contributed by atoms with Crippen LogP contribution in [0.2, 0.25) is 0 Å². The number of imidazole rings is 1. The van der Waals surface area contributed by atoms with Gasteiger partial charge in [0.15, 0.2) is 5.52 Å². The molecule has 2 heterocycles. The normalized spacial score (nSPS) is 10.8. The lowest BCUT2D eigenvalue weighted by Crippen LogP contribution is -2.28. The van der Waals surface area contributed by atoms with Crippen molar-refractivity contribution in [1.29, 1.82) is 0 Å². The number of nitrogens with zero attached hydrogens (tertiary/aromatic N) is 2. The molecule has 0 saturated heterocycles. The van der Waals surface area contributed by atoms with E-state index in [2.05, 4.69) is 9.97 Å². The van der Waals surface area contributed by atoms with E-state index in [9.17, 15) is 9.59 Å². The van der Waals surface area contributed by atoms with Crippen molar-refractivity contribution in [3.8, 4) is 0 Å². The molecular formula is C6H6N4O3. The van der Waals surface area contributed by atoms with Gasteiger partial charge in [0.2, 0.25) is 5.65 Å². The van der Waals surface area contributed by atoms with Crippen LogP contribution in [0.15, 0.2) is 9.59 Å². The first-order chi connectivity index (χ1) is 6.09. The lowest BCUT2D eigenvalue weighted by atomic mass is 10.5. The number of aromatic nitrogens is 4. The van der Waals surface area contributed by atoms with E-state index in [4.69, 9.17) is 5.21 Å². The third-order valence-corrected chi connectivity index (χ3v) is 1.64. The minimum atomic E-state index is -0.899. The Morgan fingerprint density at radius 3 is 2.77 bits per heavy atom. The summed E-state index contributed by atoms with van der Waals surface area (Å²) in [6.07, 6.45) is 0. The number of aryl methyl sites for hydroxylation is 1. The van der Waals surface area contributed by atoms with Gasteiger partial charge in [-0.3, -0.25) is 9.78 Å². The van der Waals surface area contributed by atoms with Gasteiger partial charge in [-0.25, -0.2) is 9.78 Å². The van der Waals surface area contributed by atoms with E-state index < -0.39 is 11.2 Å². The number of hydrogen-bond acceptors (Lipinski definition) is 4. The fourth-order valence-electron chi connectivity index (χ4n) is 1.10. The number of aromatic amines is 2. The topological polar surface area (TPSA) is 104 Å². The van der Waals surface area contributed by atoms with Crippen molar-refractivity contribution in [2.45, 2.75) is 6.92 Å². The highest BCUT2D eigenvalue weighted by Crippen LogP contribution is 2.00. The first-order valence-electron chi connectivity index (χ1n) is 3.50. The molecule has 3 N–H and O–H groups in total. The third kappa shape index (κ3) is 0.934. The van der Waals surface area contributed by atoms with Gasteiger partial charge in [0.05, 0.1) is 0 Å². The summed E-state index contributed by atoms with van der Waals surface area (Å²) in [5.74, 6) is 0.453. The van der Waals surface area contributed by atoms with Crippen molar-refractivity contribution in [2.75, 3.05) is 0 Å². The van der Waals surface area contributed by atoms with Crippen molar-refractivity contribution in [1.82, 2.24) is 19.7 Å². The van der Waals surface area contributed by atoms with Gasteiger partial charge in [-0.05, 0) is 6.92 Å². The zero-order valence-corrected chi connectivity index (χ0v) is 6.66. The number of hydrogen-bond donors (Lipinski definition) is 3. The monoisotopic (exact) mass is 182 g/mol. The lowest BCUT2D eigenvalue weighted by molar-refractivity contribution is 0.182. The number of fused-ring (bicyclic) bond motifs is 1. The average Bonchev–Trinajstić information content (AvgIpc) is 2.44. The lowest BCUT2D eigenvalue weighted by Gasteiger charge is -1.93. The molecule has 7 heteroatoms. The number of H-pyrrole nitrogens is 2. The average molecular weight is 182 g/mol. The quantitative estimate of drug-likeness (QED) is 0.452. The van der Waals surface area contributed by atoms with Crippen LogP contribution in [0.4, 0.5) is 0 Å². The van der Waals surface area contributed by atoms with E-state index in [0.717, 1.165) is 0 Å². The molecule has 2 aromatic heterocycles. The van der Waals surface area contributed by atoms with Crippen LogP contribution >= 0.6 is 0 Å². The second-order valence-electron chi connectivity index (χ2n) is 2.59. The second kappa shape index (κ2) is 2.22. The molecule has 0 radical (unpaired) electrons. The van der Waals surface area contributed by atoms with Crippen LogP contribution in [0.3, 0.4) is 0 Å².